The van der Waals surface area contributed by atoms with Crippen LogP contribution in [-0.4, -0.2) is 29.3 Å². The summed E-state index contributed by atoms with van der Waals surface area (Å²) in [4.78, 5) is 28.6. The van der Waals surface area contributed by atoms with E-state index in [0.29, 0.717) is 24.5 Å². The second kappa shape index (κ2) is 12.2. The molecule has 5 heteroatoms. The lowest BCUT2D eigenvalue weighted by Gasteiger charge is -2.31. The summed E-state index contributed by atoms with van der Waals surface area (Å²) in [5.41, 5.74) is 3.98. The summed E-state index contributed by atoms with van der Waals surface area (Å²) in [6, 6.07) is 24.6. The van der Waals surface area contributed by atoms with Crippen molar-refractivity contribution in [2.45, 2.75) is 45.7 Å². The molecule has 0 saturated heterocycles. The minimum absolute atomic E-state index is 0.106. The number of nitrogens with zero attached hydrogens (tertiary/aromatic N) is 1. The zero-order chi connectivity index (χ0) is 23.6. The first-order chi connectivity index (χ1) is 16.0. The van der Waals surface area contributed by atoms with E-state index in [0.717, 1.165) is 28.7 Å². The number of benzene rings is 3. The van der Waals surface area contributed by atoms with Gasteiger partial charge in [0.25, 0.3) is 0 Å². The number of halogens is 1. The van der Waals surface area contributed by atoms with E-state index in [2.05, 4.69) is 5.32 Å². The van der Waals surface area contributed by atoms with E-state index in [-0.39, 0.29) is 18.2 Å². The number of carbonyl (C=O) groups is 2. The zero-order valence-electron chi connectivity index (χ0n) is 19.3. The molecule has 3 aromatic rings. The van der Waals surface area contributed by atoms with Gasteiger partial charge in [-0.1, -0.05) is 90.8 Å². The first-order valence-electron chi connectivity index (χ1n) is 11.4. The van der Waals surface area contributed by atoms with Crippen LogP contribution in [0.2, 0.25) is 5.02 Å². The average Bonchev–Trinajstić information content (AvgIpc) is 2.81. The summed E-state index contributed by atoms with van der Waals surface area (Å²) < 4.78 is 0. The molecule has 172 valence electrons. The van der Waals surface area contributed by atoms with Crippen LogP contribution in [0.15, 0.2) is 78.9 Å². The molecular formula is C28H31ClN2O2. The predicted molar refractivity (Wildman–Crippen MR) is 134 cm³/mol. The lowest BCUT2D eigenvalue weighted by molar-refractivity contribution is -0.140. The maximum atomic E-state index is 13.6. The molecule has 0 heterocycles. The van der Waals surface area contributed by atoms with Gasteiger partial charge in [-0.15, -0.1) is 0 Å². The number of rotatable bonds is 10. The SMILES string of the molecule is CCCNC(=O)[C@@H](Cc1ccccc1)N(Cc1ccc(C)cc1)C(=O)Cc1cccc(Cl)c1. The molecule has 0 bridgehead atoms. The molecule has 0 radical (unpaired) electrons. The Morgan fingerprint density at radius 1 is 0.909 bits per heavy atom. The fraction of sp³-hybridized carbons (Fsp3) is 0.286. The topological polar surface area (TPSA) is 49.4 Å². The average molecular weight is 463 g/mol. The maximum Gasteiger partial charge on any atom is 0.243 e. The first-order valence-corrected chi connectivity index (χ1v) is 11.7. The highest BCUT2D eigenvalue weighted by atomic mass is 35.5. The van der Waals surface area contributed by atoms with Crippen LogP contribution in [0.4, 0.5) is 0 Å². The highest BCUT2D eigenvalue weighted by Gasteiger charge is 2.30. The van der Waals surface area contributed by atoms with Crippen molar-refractivity contribution in [1.29, 1.82) is 0 Å². The largest absolute Gasteiger partial charge is 0.354 e. The smallest absolute Gasteiger partial charge is 0.243 e. The van der Waals surface area contributed by atoms with Gasteiger partial charge in [0.2, 0.25) is 11.8 Å². The van der Waals surface area contributed by atoms with E-state index < -0.39 is 6.04 Å². The van der Waals surface area contributed by atoms with E-state index >= 15 is 0 Å². The van der Waals surface area contributed by atoms with Gasteiger partial charge in [0.15, 0.2) is 0 Å². The summed E-state index contributed by atoms with van der Waals surface area (Å²) in [5, 5.41) is 3.59. The van der Waals surface area contributed by atoms with Crippen LogP contribution >= 0.6 is 11.6 Å². The molecule has 4 nitrogen and oxygen atoms in total. The number of aryl methyl sites for hydroxylation is 1. The Bertz CT molecular complexity index is 1050. The highest BCUT2D eigenvalue weighted by molar-refractivity contribution is 6.30. The molecular weight excluding hydrogens is 432 g/mol. The van der Waals surface area contributed by atoms with Gasteiger partial charge in [-0.05, 0) is 42.2 Å². The van der Waals surface area contributed by atoms with E-state index in [1.807, 2.05) is 80.6 Å². The quantitative estimate of drug-likeness (QED) is 0.441. The number of hydrogen-bond acceptors (Lipinski definition) is 2. The van der Waals surface area contributed by atoms with Gasteiger partial charge in [-0.3, -0.25) is 9.59 Å². The van der Waals surface area contributed by atoms with Crippen LogP contribution in [0.3, 0.4) is 0 Å². The third-order valence-electron chi connectivity index (χ3n) is 5.54. The molecule has 1 atom stereocenters. The van der Waals surface area contributed by atoms with Crippen molar-refractivity contribution in [2.75, 3.05) is 6.54 Å². The predicted octanol–water partition coefficient (Wildman–Crippen LogP) is 5.36. The molecule has 0 spiro atoms. The Labute approximate surface area is 201 Å². The van der Waals surface area contributed by atoms with Crippen molar-refractivity contribution in [3.05, 3.63) is 106 Å². The van der Waals surface area contributed by atoms with E-state index in [1.54, 1.807) is 17.0 Å². The summed E-state index contributed by atoms with van der Waals surface area (Å²) in [6.45, 7) is 4.98. The molecule has 0 aliphatic carbocycles. The van der Waals surface area contributed by atoms with E-state index in [4.69, 9.17) is 11.6 Å². The Morgan fingerprint density at radius 3 is 2.27 bits per heavy atom. The zero-order valence-corrected chi connectivity index (χ0v) is 20.0. The van der Waals surface area contributed by atoms with Gasteiger partial charge >= 0.3 is 0 Å². The fourth-order valence-corrected chi connectivity index (χ4v) is 3.95. The Hall–Kier alpha value is -3.11. The number of amides is 2. The molecule has 0 saturated carbocycles. The molecule has 3 aromatic carbocycles. The van der Waals surface area contributed by atoms with Crippen LogP contribution in [0.1, 0.15) is 35.6 Å². The van der Waals surface area contributed by atoms with E-state index in [9.17, 15) is 9.59 Å². The standard InChI is InChI=1S/C28H31ClN2O2/c1-3-16-30-28(33)26(18-22-8-5-4-6-9-22)31(20-23-14-12-21(2)13-15-23)27(32)19-24-10-7-11-25(29)17-24/h4-15,17,26H,3,16,18-20H2,1-2H3,(H,30,33)/t26-/m1/s1. The second-order valence-electron chi connectivity index (χ2n) is 8.31. The van der Waals surface area contributed by atoms with Crippen molar-refractivity contribution in [3.63, 3.8) is 0 Å². The van der Waals surface area contributed by atoms with Crippen molar-refractivity contribution in [2.24, 2.45) is 0 Å². The number of nitrogens with one attached hydrogen (secondary N) is 1. The summed E-state index contributed by atoms with van der Waals surface area (Å²) in [6.07, 6.45) is 1.46. The summed E-state index contributed by atoms with van der Waals surface area (Å²) in [5.74, 6) is -0.238. The molecule has 0 aliphatic rings. The Kier molecular flexibility index (Phi) is 9.08. The molecule has 1 N–H and O–H groups in total. The molecule has 33 heavy (non-hydrogen) atoms. The van der Waals surface area contributed by atoms with Gasteiger partial charge in [0, 0.05) is 24.5 Å². The molecule has 0 unspecified atom stereocenters. The van der Waals surface area contributed by atoms with Crippen LogP contribution in [-0.2, 0) is 29.0 Å². The Morgan fingerprint density at radius 2 is 1.61 bits per heavy atom. The maximum absolute atomic E-state index is 13.6. The van der Waals surface area contributed by atoms with Gasteiger partial charge in [0.05, 0.1) is 6.42 Å². The van der Waals surface area contributed by atoms with Crippen LogP contribution in [0, 0.1) is 6.92 Å². The first kappa shape index (κ1) is 24.5. The summed E-state index contributed by atoms with van der Waals surface area (Å²) in [7, 11) is 0. The lowest BCUT2D eigenvalue weighted by atomic mass is 10.0. The summed E-state index contributed by atoms with van der Waals surface area (Å²) >= 11 is 6.14. The Balaban J connectivity index is 1.94. The third-order valence-corrected chi connectivity index (χ3v) is 5.77. The third kappa shape index (κ3) is 7.47. The van der Waals surface area contributed by atoms with E-state index in [1.165, 1.54) is 0 Å². The highest BCUT2D eigenvalue weighted by Crippen LogP contribution is 2.18. The van der Waals surface area contributed by atoms with Crippen LogP contribution < -0.4 is 5.32 Å². The normalized spacial score (nSPS) is 11.6. The van der Waals surface area contributed by atoms with Crippen molar-refractivity contribution in [1.82, 2.24) is 10.2 Å². The molecule has 0 aliphatic heterocycles. The molecule has 0 fully saturated rings. The monoisotopic (exact) mass is 462 g/mol. The number of carbonyl (C=O) groups excluding carboxylic acids is 2. The van der Waals surface area contributed by atoms with Gasteiger partial charge in [-0.25, -0.2) is 0 Å². The van der Waals surface area contributed by atoms with Gasteiger partial charge in [-0.2, -0.15) is 0 Å². The minimum Gasteiger partial charge on any atom is -0.354 e. The molecule has 0 aromatic heterocycles. The van der Waals surface area contributed by atoms with Gasteiger partial charge in [0.1, 0.15) is 6.04 Å². The molecule has 2 amide bonds. The van der Waals surface area contributed by atoms with Crippen molar-refractivity contribution >= 4 is 23.4 Å². The minimum atomic E-state index is -0.619. The molecule has 3 rings (SSSR count). The second-order valence-corrected chi connectivity index (χ2v) is 8.75. The van der Waals surface area contributed by atoms with Crippen LogP contribution in [0.5, 0.6) is 0 Å². The number of hydrogen-bond donors (Lipinski definition) is 1. The van der Waals surface area contributed by atoms with Crippen molar-refractivity contribution in [3.8, 4) is 0 Å². The van der Waals surface area contributed by atoms with Gasteiger partial charge < -0.3 is 10.2 Å². The lowest BCUT2D eigenvalue weighted by Crippen LogP contribution is -2.51. The van der Waals surface area contributed by atoms with Crippen molar-refractivity contribution < 1.29 is 9.59 Å². The fourth-order valence-electron chi connectivity index (χ4n) is 3.73. The van der Waals surface area contributed by atoms with Crippen LogP contribution in [0.25, 0.3) is 0 Å².